The predicted octanol–water partition coefficient (Wildman–Crippen LogP) is 3.17. The van der Waals surface area contributed by atoms with Gasteiger partial charge in [-0.05, 0) is 50.5 Å². The van der Waals surface area contributed by atoms with Gasteiger partial charge in [-0.1, -0.05) is 18.2 Å². The summed E-state index contributed by atoms with van der Waals surface area (Å²) in [5, 5.41) is 3.01. The van der Waals surface area contributed by atoms with E-state index in [-0.39, 0.29) is 11.6 Å². The number of likely N-dealkylation sites (tertiary alicyclic amines) is 1. The lowest BCUT2D eigenvalue weighted by Gasteiger charge is -2.37. The molecule has 132 valence electrons. The van der Waals surface area contributed by atoms with Crippen molar-refractivity contribution in [2.75, 3.05) is 19.7 Å². The van der Waals surface area contributed by atoms with E-state index in [1.54, 1.807) is 0 Å². The molecule has 2 fully saturated rings. The van der Waals surface area contributed by atoms with Crippen molar-refractivity contribution in [2.45, 2.75) is 38.8 Å². The molecule has 0 saturated carbocycles. The smallest absolute Gasteiger partial charge is 0.407 e. The summed E-state index contributed by atoms with van der Waals surface area (Å²) in [6.07, 6.45) is 1.65. The highest BCUT2D eigenvalue weighted by atomic mass is 16.6. The molecule has 0 aliphatic carbocycles. The largest absolute Gasteiger partial charge is 0.447 e. The summed E-state index contributed by atoms with van der Waals surface area (Å²) in [5.74, 6) is 0. The van der Waals surface area contributed by atoms with Crippen LogP contribution in [0, 0.1) is 13.8 Å². The van der Waals surface area contributed by atoms with E-state index in [1.165, 1.54) is 22.6 Å². The van der Waals surface area contributed by atoms with Gasteiger partial charge in [0.25, 0.3) is 0 Å². The number of carbonyl (C=O) groups excluding carboxylic acids is 1. The zero-order chi connectivity index (χ0) is 17.4. The number of alkyl carbamates (subject to hydrolysis) is 1. The van der Waals surface area contributed by atoms with E-state index in [4.69, 9.17) is 4.74 Å². The van der Waals surface area contributed by atoms with Crippen molar-refractivity contribution in [3.05, 3.63) is 53.3 Å². The number of para-hydroxylation sites is 1. The van der Waals surface area contributed by atoms with Crippen molar-refractivity contribution in [1.29, 1.82) is 0 Å². The Bertz CT molecular complexity index is 774. The van der Waals surface area contributed by atoms with Gasteiger partial charge in [-0.25, -0.2) is 4.79 Å². The van der Waals surface area contributed by atoms with Crippen LogP contribution in [0.5, 0.6) is 0 Å². The van der Waals surface area contributed by atoms with Crippen LogP contribution < -0.4 is 5.32 Å². The summed E-state index contributed by atoms with van der Waals surface area (Å²) < 4.78 is 7.44. The molecule has 2 aliphatic rings. The molecule has 2 saturated heterocycles. The highest BCUT2D eigenvalue weighted by Gasteiger charge is 2.41. The standard InChI is InChI=1S/C20H25N3O2/c1-15-12-17(16(2)23(15)18-6-4-3-5-7-18)13-22-10-8-20(9-11-22)14-25-19(24)21-20/h3-7,12H,8-11,13-14H2,1-2H3,(H,21,24). The Morgan fingerprint density at radius 1 is 1.16 bits per heavy atom. The van der Waals surface area contributed by atoms with Crippen LogP contribution >= 0.6 is 0 Å². The molecule has 0 unspecified atom stereocenters. The average Bonchev–Trinajstić information content (AvgIpc) is 3.11. The number of nitrogens with one attached hydrogen (secondary N) is 1. The minimum absolute atomic E-state index is 0.130. The number of hydrogen-bond donors (Lipinski definition) is 1. The fourth-order valence-electron chi connectivity index (χ4n) is 4.11. The molecule has 1 spiro atoms. The lowest BCUT2D eigenvalue weighted by Crippen LogP contribution is -2.52. The minimum Gasteiger partial charge on any atom is -0.447 e. The molecule has 0 radical (unpaired) electrons. The summed E-state index contributed by atoms with van der Waals surface area (Å²) in [6.45, 7) is 7.81. The summed E-state index contributed by atoms with van der Waals surface area (Å²) in [6, 6.07) is 12.8. The van der Waals surface area contributed by atoms with E-state index in [9.17, 15) is 4.79 Å². The van der Waals surface area contributed by atoms with Gasteiger partial charge in [-0.15, -0.1) is 0 Å². The van der Waals surface area contributed by atoms with Crippen molar-refractivity contribution in [1.82, 2.24) is 14.8 Å². The first-order chi connectivity index (χ1) is 12.1. The Morgan fingerprint density at radius 3 is 2.52 bits per heavy atom. The van der Waals surface area contributed by atoms with Crippen molar-refractivity contribution < 1.29 is 9.53 Å². The number of ether oxygens (including phenoxy) is 1. The van der Waals surface area contributed by atoms with Crippen LogP contribution in [0.3, 0.4) is 0 Å². The van der Waals surface area contributed by atoms with Crippen LogP contribution in [-0.2, 0) is 11.3 Å². The molecular formula is C20H25N3O2. The number of cyclic esters (lactones) is 1. The summed E-state index contributed by atoms with van der Waals surface area (Å²) in [5.41, 5.74) is 5.04. The first-order valence-corrected chi connectivity index (χ1v) is 8.97. The number of benzene rings is 1. The van der Waals surface area contributed by atoms with Crippen molar-refractivity contribution in [3.8, 4) is 5.69 Å². The normalized spacial score (nSPS) is 19.8. The highest BCUT2D eigenvalue weighted by Crippen LogP contribution is 2.28. The molecular weight excluding hydrogens is 314 g/mol. The van der Waals surface area contributed by atoms with Gasteiger partial charge in [0, 0.05) is 36.7 Å². The van der Waals surface area contributed by atoms with Crippen LogP contribution in [0.2, 0.25) is 0 Å². The Labute approximate surface area is 148 Å². The molecule has 1 aromatic heterocycles. The number of carbonyl (C=O) groups is 1. The zero-order valence-corrected chi connectivity index (χ0v) is 14.9. The molecule has 2 aliphatic heterocycles. The fourth-order valence-corrected chi connectivity index (χ4v) is 4.11. The van der Waals surface area contributed by atoms with Crippen LogP contribution in [0.15, 0.2) is 36.4 Å². The second-order valence-electron chi connectivity index (χ2n) is 7.32. The molecule has 3 heterocycles. The second-order valence-corrected chi connectivity index (χ2v) is 7.32. The molecule has 25 heavy (non-hydrogen) atoms. The van der Waals surface area contributed by atoms with Crippen molar-refractivity contribution in [3.63, 3.8) is 0 Å². The molecule has 4 rings (SSSR count). The van der Waals surface area contributed by atoms with Gasteiger partial charge in [0.15, 0.2) is 0 Å². The molecule has 2 aromatic rings. The Morgan fingerprint density at radius 2 is 1.88 bits per heavy atom. The Hall–Kier alpha value is -2.27. The zero-order valence-electron chi connectivity index (χ0n) is 14.9. The molecule has 0 bridgehead atoms. The molecule has 0 atom stereocenters. The maximum Gasteiger partial charge on any atom is 0.407 e. The third-order valence-corrected chi connectivity index (χ3v) is 5.60. The first-order valence-electron chi connectivity index (χ1n) is 8.97. The summed E-state index contributed by atoms with van der Waals surface area (Å²) in [4.78, 5) is 13.8. The number of hydrogen-bond acceptors (Lipinski definition) is 3. The van der Waals surface area contributed by atoms with Crippen LogP contribution in [0.1, 0.15) is 29.8 Å². The number of piperidine rings is 1. The van der Waals surface area contributed by atoms with Crippen molar-refractivity contribution in [2.24, 2.45) is 0 Å². The average molecular weight is 339 g/mol. The number of amides is 1. The van der Waals surface area contributed by atoms with E-state index in [0.717, 1.165) is 32.5 Å². The minimum atomic E-state index is -0.264. The predicted molar refractivity (Wildman–Crippen MR) is 97.0 cm³/mol. The van der Waals surface area contributed by atoms with Crippen molar-refractivity contribution >= 4 is 6.09 Å². The quantitative estimate of drug-likeness (QED) is 0.934. The SMILES string of the molecule is Cc1cc(CN2CCC3(CC2)COC(=O)N3)c(C)n1-c1ccccc1. The van der Waals surface area contributed by atoms with Crippen LogP contribution in [0.25, 0.3) is 5.69 Å². The second kappa shape index (κ2) is 6.23. The van der Waals surface area contributed by atoms with Gasteiger partial charge in [-0.2, -0.15) is 0 Å². The molecule has 1 N–H and O–H groups in total. The molecule has 5 heteroatoms. The Balaban J connectivity index is 1.47. The van der Waals surface area contributed by atoms with Gasteiger partial charge < -0.3 is 14.6 Å². The Kier molecular flexibility index (Phi) is 4.04. The first kappa shape index (κ1) is 16.2. The summed E-state index contributed by atoms with van der Waals surface area (Å²) in [7, 11) is 0. The van der Waals surface area contributed by atoms with E-state index in [2.05, 4.69) is 59.0 Å². The van der Waals surface area contributed by atoms with Gasteiger partial charge >= 0.3 is 6.09 Å². The van der Waals surface area contributed by atoms with E-state index in [1.807, 2.05) is 6.07 Å². The number of nitrogens with zero attached hydrogens (tertiary/aromatic N) is 2. The van der Waals surface area contributed by atoms with Gasteiger partial charge in [-0.3, -0.25) is 4.90 Å². The lowest BCUT2D eigenvalue weighted by molar-refractivity contribution is 0.124. The van der Waals surface area contributed by atoms with E-state index >= 15 is 0 Å². The number of aromatic nitrogens is 1. The van der Waals surface area contributed by atoms with Crippen LogP contribution in [-0.4, -0.2) is 40.8 Å². The fraction of sp³-hybridized carbons (Fsp3) is 0.450. The maximum atomic E-state index is 11.4. The molecule has 1 amide bonds. The topological polar surface area (TPSA) is 46.5 Å². The lowest BCUT2D eigenvalue weighted by atomic mass is 9.89. The summed E-state index contributed by atoms with van der Waals surface area (Å²) >= 11 is 0. The number of aryl methyl sites for hydroxylation is 1. The van der Waals surface area contributed by atoms with Gasteiger partial charge in [0.2, 0.25) is 0 Å². The van der Waals surface area contributed by atoms with E-state index in [0.29, 0.717) is 6.61 Å². The van der Waals surface area contributed by atoms with E-state index < -0.39 is 0 Å². The number of rotatable bonds is 3. The third kappa shape index (κ3) is 3.04. The van der Waals surface area contributed by atoms with Gasteiger partial charge in [0.05, 0.1) is 5.54 Å². The molecule has 5 nitrogen and oxygen atoms in total. The monoisotopic (exact) mass is 339 g/mol. The molecule has 1 aromatic carbocycles. The van der Waals surface area contributed by atoms with Gasteiger partial charge in [0.1, 0.15) is 6.61 Å². The third-order valence-electron chi connectivity index (χ3n) is 5.60. The maximum absolute atomic E-state index is 11.4. The van der Waals surface area contributed by atoms with Crippen LogP contribution in [0.4, 0.5) is 4.79 Å². The highest BCUT2D eigenvalue weighted by molar-refractivity contribution is 5.70.